The molecule has 3 nitrogen and oxygen atoms in total. The molecule has 0 atom stereocenters. The SMILES string of the molecule is CC(C)(C)c1ccc(C=CC(=O)NC2=NCCS2)cc1. The van der Waals surface area contributed by atoms with Gasteiger partial charge in [-0.1, -0.05) is 56.8 Å². The maximum atomic E-state index is 11.7. The molecule has 1 N–H and O–H groups in total. The molecule has 0 fully saturated rings. The number of benzene rings is 1. The van der Waals surface area contributed by atoms with E-state index in [-0.39, 0.29) is 11.3 Å². The zero-order valence-electron chi connectivity index (χ0n) is 12.1. The Bertz CT molecular complexity index is 539. The normalized spacial score (nSPS) is 15.4. The van der Waals surface area contributed by atoms with Crippen molar-refractivity contribution in [1.82, 2.24) is 5.32 Å². The Hall–Kier alpha value is -1.55. The fraction of sp³-hybridized carbons (Fsp3) is 0.375. The van der Waals surface area contributed by atoms with E-state index in [1.165, 1.54) is 5.56 Å². The Balaban J connectivity index is 1.95. The average Bonchev–Trinajstić information content (AvgIpc) is 2.88. The molecule has 2 rings (SSSR count). The first-order chi connectivity index (χ1) is 9.45. The number of amides is 1. The number of hydrogen-bond acceptors (Lipinski definition) is 3. The summed E-state index contributed by atoms with van der Waals surface area (Å²) >= 11 is 1.58. The third kappa shape index (κ3) is 4.23. The van der Waals surface area contributed by atoms with Gasteiger partial charge < -0.3 is 5.32 Å². The van der Waals surface area contributed by atoms with E-state index in [1.807, 2.05) is 18.2 Å². The summed E-state index contributed by atoms with van der Waals surface area (Å²) in [6.45, 7) is 7.35. The highest BCUT2D eigenvalue weighted by molar-refractivity contribution is 8.14. The number of carbonyl (C=O) groups is 1. The second-order valence-electron chi connectivity index (χ2n) is 5.73. The van der Waals surface area contributed by atoms with Gasteiger partial charge in [0.15, 0.2) is 5.17 Å². The molecule has 0 aliphatic carbocycles. The van der Waals surface area contributed by atoms with Crippen LogP contribution in [0.15, 0.2) is 35.3 Å². The van der Waals surface area contributed by atoms with Crippen LogP contribution in [0.4, 0.5) is 0 Å². The molecule has 0 spiro atoms. The summed E-state index contributed by atoms with van der Waals surface area (Å²) in [5.74, 6) is 0.825. The number of nitrogens with zero attached hydrogens (tertiary/aromatic N) is 1. The number of nitrogens with one attached hydrogen (secondary N) is 1. The third-order valence-corrected chi connectivity index (χ3v) is 3.91. The molecule has 1 aliphatic heterocycles. The van der Waals surface area contributed by atoms with Crippen LogP contribution in [0.5, 0.6) is 0 Å². The van der Waals surface area contributed by atoms with Crippen LogP contribution in [-0.4, -0.2) is 23.4 Å². The minimum absolute atomic E-state index is 0.127. The molecule has 0 saturated carbocycles. The van der Waals surface area contributed by atoms with Crippen molar-refractivity contribution in [3.05, 3.63) is 41.5 Å². The summed E-state index contributed by atoms with van der Waals surface area (Å²) in [5, 5.41) is 3.50. The van der Waals surface area contributed by atoms with Gasteiger partial charge in [-0.3, -0.25) is 9.79 Å². The van der Waals surface area contributed by atoms with Gasteiger partial charge in [0.25, 0.3) is 0 Å². The third-order valence-electron chi connectivity index (χ3n) is 3.02. The first-order valence-electron chi connectivity index (χ1n) is 6.72. The second kappa shape index (κ2) is 6.27. The highest BCUT2D eigenvalue weighted by Gasteiger charge is 2.12. The highest BCUT2D eigenvalue weighted by atomic mass is 32.2. The van der Waals surface area contributed by atoms with Gasteiger partial charge in [-0.15, -0.1) is 0 Å². The zero-order chi connectivity index (χ0) is 14.6. The molecule has 0 bridgehead atoms. The quantitative estimate of drug-likeness (QED) is 0.849. The van der Waals surface area contributed by atoms with Crippen LogP contribution in [0.3, 0.4) is 0 Å². The minimum atomic E-state index is -0.127. The van der Waals surface area contributed by atoms with Crippen molar-refractivity contribution in [2.24, 2.45) is 4.99 Å². The van der Waals surface area contributed by atoms with E-state index < -0.39 is 0 Å². The summed E-state index contributed by atoms with van der Waals surface area (Å²) in [7, 11) is 0. The lowest BCUT2D eigenvalue weighted by Gasteiger charge is -2.18. The monoisotopic (exact) mass is 288 g/mol. The average molecular weight is 288 g/mol. The summed E-state index contributed by atoms with van der Waals surface area (Å²) in [6.07, 6.45) is 3.37. The molecular weight excluding hydrogens is 268 g/mol. The molecule has 20 heavy (non-hydrogen) atoms. The topological polar surface area (TPSA) is 41.5 Å². The molecule has 106 valence electrons. The van der Waals surface area contributed by atoms with Crippen LogP contribution in [0, 0.1) is 0 Å². The number of carbonyl (C=O) groups excluding carboxylic acids is 1. The molecule has 0 saturated heterocycles. The van der Waals surface area contributed by atoms with Crippen LogP contribution in [0.1, 0.15) is 31.9 Å². The first-order valence-corrected chi connectivity index (χ1v) is 7.70. The van der Waals surface area contributed by atoms with Gasteiger partial charge in [-0.2, -0.15) is 0 Å². The standard InChI is InChI=1S/C16H20N2OS/c1-16(2,3)13-7-4-12(5-8-13)6-9-14(19)18-15-17-10-11-20-15/h4-9H,10-11H2,1-3H3,(H,17,18,19). The van der Waals surface area contributed by atoms with Crippen molar-refractivity contribution in [2.75, 3.05) is 12.3 Å². The maximum absolute atomic E-state index is 11.7. The number of aliphatic imine (C=N–C) groups is 1. The first kappa shape index (κ1) is 14.9. The van der Waals surface area contributed by atoms with Crippen LogP contribution < -0.4 is 5.32 Å². The lowest BCUT2D eigenvalue weighted by molar-refractivity contribution is -0.115. The smallest absolute Gasteiger partial charge is 0.249 e. The fourth-order valence-corrected chi connectivity index (χ4v) is 2.56. The van der Waals surface area contributed by atoms with Crippen molar-refractivity contribution in [2.45, 2.75) is 26.2 Å². The fourth-order valence-electron chi connectivity index (χ4n) is 1.82. The second-order valence-corrected chi connectivity index (χ2v) is 6.81. The van der Waals surface area contributed by atoms with E-state index in [2.05, 4.69) is 43.2 Å². The Morgan fingerprint density at radius 2 is 2.00 bits per heavy atom. The predicted octanol–water partition coefficient (Wildman–Crippen LogP) is 3.22. The van der Waals surface area contributed by atoms with Crippen molar-refractivity contribution in [3.8, 4) is 0 Å². The molecule has 1 heterocycles. The molecule has 4 heteroatoms. The van der Waals surface area contributed by atoms with Gasteiger partial charge in [0.1, 0.15) is 0 Å². The number of thioether (sulfide) groups is 1. The maximum Gasteiger partial charge on any atom is 0.249 e. The van der Waals surface area contributed by atoms with E-state index in [1.54, 1.807) is 17.8 Å². The van der Waals surface area contributed by atoms with Gasteiger partial charge >= 0.3 is 0 Å². The Labute approximate surface area is 124 Å². The lowest BCUT2D eigenvalue weighted by atomic mass is 9.87. The summed E-state index contributed by atoms with van der Waals surface area (Å²) < 4.78 is 0. The molecule has 0 unspecified atom stereocenters. The molecule has 0 radical (unpaired) electrons. The predicted molar refractivity (Wildman–Crippen MR) is 87.1 cm³/mol. The van der Waals surface area contributed by atoms with Crippen LogP contribution in [0.2, 0.25) is 0 Å². The van der Waals surface area contributed by atoms with E-state index in [4.69, 9.17) is 0 Å². The van der Waals surface area contributed by atoms with Gasteiger partial charge in [0.05, 0.1) is 6.54 Å². The minimum Gasteiger partial charge on any atom is -0.302 e. The number of hydrogen-bond donors (Lipinski definition) is 1. The molecule has 0 aromatic heterocycles. The zero-order valence-corrected chi connectivity index (χ0v) is 13.0. The number of amidine groups is 1. The van der Waals surface area contributed by atoms with E-state index in [0.29, 0.717) is 0 Å². The van der Waals surface area contributed by atoms with E-state index >= 15 is 0 Å². The molecule has 1 amide bonds. The van der Waals surface area contributed by atoms with E-state index in [9.17, 15) is 4.79 Å². The Morgan fingerprint density at radius 1 is 1.30 bits per heavy atom. The van der Waals surface area contributed by atoms with Crippen LogP contribution in [0.25, 0.3) is 6.08 Å². The summed E-state index contributed by atoms with van der Waals surface area (Å²) in [4.78, 5) is 15.9. The Kier molecular flexibility index (Phi) is 4.65. The summed E-state index contributed by atoms with van der Waals surface area (Å²) in [5.41, 5.74) is 2.46. The van der Waals surface area contributed by atoms with Gasteiger partial charge in [-0.05, 0) is 22.6 Å². The van der Waals surface area contributed by atoms with Gasteiger partial charge in [0, 0.05) is 11.8 Å². The van der Waals surface area contributed by atoms with Crippen LogP contribution >= 0.6 is 11.8 Å². The largest absolute Gasteiger partial charge is 0.302 e. The van der Waals surface area contributed by atoms with Gasteiger partial charge in [0.2, 0.25) is 5.91 Å². The van der Waals surface area contributed by atoms with Crippen molar-refractivity contribution >= 4 is 28.9 Å². The molecule has 1 aromatic carbocycles. The van der Waals surface area contributed by atoms with Crippen molar-refractivity contribution < 1.29 is 4.79 Å². The lowest BCUT2D eigenvalue weighted by Crippen LogP contribution is -2.25. The summed E-state index contributed by atoms with van der Waals surface area (Å²) in [6, 6.07) is 8.28. The van der Waals surface area contributed by atoms with Crippen molar-refractivity contribution in [3.63, 3.8) is 0 Å². The number of rotatable bonds is 2. The van der Waals surface area contributed by atoms with Crippen molar-refractivity contribution in [1.29, 1.82) is 0 Å². The van der Waals surface area contributed by atoms with Crippen LogP contribution in [-0.2, 0) is 10.2 Å². The molecular formula is C16H20N2OS. The van der Waals surface area contributed by atoms with Gasteiger partial charge in [-0.25, -0.2) is 0 Å². The molecule has 1 aliphatic rings. The Morgan fingerprint density at radius 3 is 2.55 bits per heavy atom. The highest BCUT2D eigenvalue weighted by Crippen LogP contribution is 2.22. The van der Waals surface area contributed by atoms with E-state index in [0.717, 1.165) is 23.0 Å². The molecule has 1 aromatic rings.